The van der Waals surface area contributed by atoms with Gasteiger partial charge in [-0.15, -0.1) is 6.58 Å². The number of benzene rings is 2. The van der Waals surface area contributed by atoms with E-state index in [4.69, 9.17) is 0 Å². The molecule has 0 aromatic heterocycles. The molecule has 1 N–H and O–H groups in total. The van der Waals surface area contributed by atoms with Gasteiger partial charge in [0.15, 0.2) is 0 Å². The summed E-state index contributed by atoms with van der Waals surface area (Å²) < 4.78 is 27.0. The van der Waals surface area contributed by atoms with Crippen LogP contribution in [-0.2, 0) is 14.8 Å². The molecule has 2 rings (SSSR count). The molecule has 0 saturated heterocycles. The minimum Gasteiger partial charge on any atom is -0.268 e. The SMILES string of the molecule is C=CC/C=C(\C(=O)NS(=O)(=O)c1ccc(C)cc1)c1ccc(C)cc1. The van der Waals surface area contributed by atoms with Crippen molar-refractivity contribution in [3.63, 3.8) is 0 Å². The number of hydrogen-bond donors (Lipinski definition) is 1. The van der Waals surface area contributed by atoms with Crippen LogP contribution in [0.5, 0.6) is 0 Å². The Balaban J connectivity index is 2.32. The molecule has 130 valence electrons. The Morgan fingerprint density at radius 3 is 2.04 bits per heavy atom. The van der Waals surface area contributed by atoms with E-state index in [1.165, 1.54) is 12.1 Å². The molecule has 0 fully saturated rings. The molecule has 2 aromatic rings. The van der Waals surface area contributed by atoms with Gasteiger partial charge in [-0.1, -0.05) is 59.7 Å². The van der Waals surface area contributed by atoms with Crippen molar-refractivity contribution < 1.29 is 13.2 Å². The van der Waals surface area contributed by atoms with Crippen LogP contribution in [0.1, 0.15) is 23.1 Å². The zero-order chi connectivity index (χ0) is 18.4. The van der Waals surface area contributed by atoms with E-state index in [1.807, 2.05) is 26.0 Å². The van der Waals surface area contributed by atoms with Crippen LogP contribution >= 0.6 is 0 Å². The van der Waals surface area contributed by atoms with Crippen molar-refractivity contribution in [2.24, 2.45) is 0 Å². The van der Waals surface area contributed by atoms with E-state index >= 15 is 0 Å². The summed E-state index contributed by atoms with van der Waals surface area (Å²) in [6.45, 7) is 7.44. The number of nitrogens with one attached hydrogen (secondary N) is 1. The summed E-state index contributed by atoms with van der Waals surface area (Å²) in [6, 6.07) is 13.7. The first kappa shape index (κ1) is 18.7. The van der Waals surface area contributed by atoms with Crippen molar-refractivity contribution in [2.45, 2.75) is 25.2 Å². The molecular weight excluding hydrogens is 334 g/mol. The second-order valence-corrected chi connectivity index (χ2v) is 7.44. The average Bonchev–Trinajstić information content (AvgIpc) is 2.56. The molecule has 0 aliphatic heterocycles. The Morgan fingerprint density at radius 1 is 1.00 bits per heavy atom. The maximum absolute atomic E-state index is 12.6. The van der Waals surface area contributed by atoms with Crippen LogP contribution in [-0.4, -0.2) is 14.3 Å². The molecule has 0 heterocycles. The monoisotopic (exact) mass is 355 g/mol. The van der Waals surface area contributed by atoms with Gasteiger partial charge in [-0.2, -0.15) is 0 Å². The van der Waals surface area contributed by atoms with E-state index in [2.05, 4.69) is 11.3 Å². The van der Waals surface area contributed by atoms with Crippen LogP contribution in [0.3, 0.4) is 0 Å². The summed E-state index contributed by atoms with van der Waals surface area (Å²) >= 11 is 0. The smallest absolute Gasteiger partial charge is 0.265 e. The Bertz CT molecular complexity index is 893. The normalized spacial score (nSPS) is 11.8. The lowest BCUT2D eigenvalue weighted by Crippen LogP contribution is -2.31. The highest BCUT2D eigenvalue weighted by Gasteiger charge is 2.20. The third kappa shape index (κ3) is 4.90. The first-order chi connectivity index (χ1) is 11.8. The molecule has 0 spiro atoms. The largest absolute Gasteiger partial charge is 0.268 e. The number of carbonyl (C=O) groups excluding carboxylic acids is 1. The molecule has 0 atom stereocenters. The number of carbonyl (C=O) groups is 1. The predicted octanol–water partition coefficient (Wildman–Crippen LogP) is 3.77. The molecule has 0 bridgehead atoms. The Hall–Kier alpha value is -2.66. The van der Waals surface area contributed by atoms with Crippen LogP contribution in [0.2, 0.25) is 0 Å². The fourth-order valence-corrected chi connectivity index (χ4v) is 3.20. The molecule has 0 aliphatic rings. The van der Waals surface area contributed by atoms with Crippen LogP contribution in [0, 0.1) is 13.8 Å². The van der Waals surface area contributed by atoms with Crippen LogP contribution in [0.25, 0.3) is 5.57 Å². The first-order valence-corrected chi connectivity index (χ1v) is 9.34. The van der Waals surface area contributed by atoms with Gasteiger partial charge in [0.25, 0.3) is 15.9 Å². The highest BCUT2D eigenvalue weighted by Crippen LogP contribution is 2.18. The van der Waals surface area contributed by atoms with Crippen molar-refractivity contribution in [3.05, 3.63) is 84.0 Å². The molecule has 0 radical (unpaired) electrons. The molecule has 0 saturated carbocycles. The minimum atomic E-state index is -3.93. The summed E-state index contributed by atoms with van der Waals surface area (Å²) in [5, 5.41) is 0. The molecule has 2 aromatic carbocycles. The van der Waals surface area contributed by atoms with Crippen molar-refractivity contribution in [2.75, 3.05) is 0 Å². The van der Waals surface area contributed by atoms with Crippen LogP contribution in [0.15, 0.2) is 72.2 Å². The number of aryl methyl sites for hydroxylation is 2. The molecule has 1 amide bonds. The van der Waals surface area contributed by atoms with Gasteiger partial charge in [0.1, 0.15) is 0 Å². The lowest BCUT2D eigenvalue weighted by Gasteiger charge is -2.11. The van der Waals surface area contributed by atoms with Crippen LogP contribution < -0.4 is 4.72 Å². The quantitative estimate of drug-likeness (QED) is 0.634. The first-order valence-electron chi connectivity index (χ1n) is 7.85. The molecule has 0 unspecified atom stereocenters. The van der Waals surface area contributed by atoms with Gasteiger partial charge in [-0.05, 0) is 38.0 Å². The molecule has 4 nitrogen and oxygen atoms in total. The van der Waals surface area contributed by atoms with E-state index in [1.54, 1.807) is 36.4 Å². The maximum atomic E-state index is 12.6. The lowest BCUT2D eigenvalue weighted by atomic mass is 10.0. The topological polar surface area (TPSA) is 63.2 Å². The zero-order valence-electron chi connectivity index (χ0n) is 14.3. The van der Waals surface area contributed by atoms with Crippen molar-refractivity contribution >= 4 is 21.5 Å². The number of sulfonamides is 1. The Labute approximate surface area is 149 Å². The molecule has 25 heavy (non-hydrogen) atoms. The van der Waals surface area contributed by atoms with Crippen LogP contribution in [0.4, 0.5) is 0 Å². The number of allylic oxidation sites excluding steroid dienone is 2. The highest BCUT2D eigenvalue weighted by atomic mass is 32.2. The highest BCUT2D eigenvalue weighted by molar-refractivity contribution is 7.90. The molecule has 0 aliphatic carbocycles. The summed E-state index contributed by atoms with van der Waals surface area (Å²) in [6.07, 6.45) is 3.77. The van der Waals surface area contributed by atoms with Crippen molar-refractivity contribution in [1.82, 2.24) is 4.72 Å². The minimum absolute atomic E-state index is 0.0541. The third-order valence-corrected chi connectivity index (χ3v) is 5.00. The van der Waals surface area contributed by atoms with Gasteiger partial charge in [0.05, 0.1) is 4.90 Å². The number of rotatable bonds is 6. The summed E-state index contributed by atoms with van der Waals surface area (Å²) in [7, 11) is -3.93. The second kappa shape index (κ2) is 7.94. The lowest BCUT2D eigenvalue weighted by molar-refractivity contribution is -0.114. The van der Waals surface area contributed by atoms with E-state index < -0.39 is 15.9 Å². The van der Waals surface area contributed by atoms with E-state index in [9.17, 15) is 13.2 Å². The van der Waals surface area contributed by atoms with Gasteiger partial charge in [0, 0.05) is 5.57 Å². The summed E-state index contributed by atoms with van der Waals surface area (Å²) in [5.41, 5.74) is 2.95. The molecular formula is C20H21NO3S. The Kier molecular flexibility index (Phi) is 5.93. The number of hydrogen-bond acceptors (Lipinski definition) is 3. The standard InChI is InChI=1S/C20H21NO3S/c1-4-5-6-19(17-11-7-15(2)8-12-17)20(22)21-25(23,24)18-13-9-16(3)10-14-18/h4,6-14H,1,5H2,2-3H3,(H,21,22)/b19-6-. The fraction of sp³-hybridized carbons (Fsp3) is 0.150. The van der Waals surface area contributed by atoms with Gasteiger partial charge < -0.3 is 0 Å². The van der Waals surface area contributed by atoms with Gasteiger partial charge in [-0.3, -0.25) is 4.79 Å². The maximum Gasteiger partial charge on any atom is 0.265 e. The van der Waals surface area contributed by atoms with Gasteiger partial charge >= 0.3 is 0 Å². The van der Waals surface area contributed by atoms with E-state index in [0.717, 1.165) is 11.1 Å². The van der Waals surface area contributed by atoms with E-state index in [0.29, 0.717) is 17.6 Å². The number of amides is 1. The van der Waals surface area contributed by atoms with E-state index in [-0.39, 0.29) is 4.90 Å². The predicted molar refractivity (Wildman–Crippen MR) is 100 cm³/mol. The van der Waals surface area contributed by atoms with Gasteiger partial charge in [0.2, 0.25) is 0 Å². The third-order valence-electron chi connectivity index (χ3n) is 3.65. The summed E-state index contributed by atoms with van der Waals surface area (Å²) in [4.78, 5) is 12.7. The fourth-order valence-electron chi connectivity index (χ4n) is 2.23. The average molecular weight is 355 g/mol. The Morgan fingerprint density at radius 2 is 1.52 bits per heavy atom. The second-order valence-electron chi connectivity index (χ2n) is 5.76. The zero-order valence-corrected chi connectivity index (χ0v) is 15.1. The van der Waals surface area contributed by atoms with Gasteiger partial charge in [-0.25, -0.2) is 13.1 Å². The van der Waals surface area contributed by atoms with Crippen molar-refractivity contribution in [3.8, 4) is 0 Å². The van der Waals surface area contributed by atoms with Crippen molar-refractivity contribution in [1.29, 1.82) is 0 Å². The summed E-state index contributed by atoms with van der Waals surface area (Å²) in [5.74, 6) is -0.661. The molecule has 5 heteroatoms.